The van der Waals surface area contributed by atoms with Gasteiger partial charge in [-0.05, 0) is 31.5 Å². The van der Waals surface area contributed by atoms with Crippen LogP contribution in [-0.4, -0.2) is 37.4 Å². The number of benzene rings is 1. The summed E-state index contributed by atoms with van der Waals surface area (Å²) in [5.41, 5.74) is 5.11. The zero-order valence-corrected chi connectivity index (χ0v) is 14.8. The molecule has 0 aliphatic rings. The number of nitrogens with one attached hydrogen (secondary N) is 1. The van der Waals surface area contributed by atoms with Crippen molar-refractivity contribution >= 4 is 29.9 Å². The molecule has 21 heavy (non-hydrogen) atoms. The molecular weight excluding hydrogens is 388 g/mol. The smallest absolute Gasteiger partial charge is 0.188 e. The first-order chi connectivity index (χ1) is 9.35. The Morgan fingerprint density at radius 2 is 2.05 bits per heavy atom. The first-order valence-electron chi connectivity index (χ1n) is 6.39. The molecular formula is C14H23FIN3O2. The summed E-state index contributed by atoms with van der Waals surface area (Å²) in [7, 11) is 1.60. The molecule has 2 unspecified atom stereocenters. The second-order valence-electron chi connectivity index (χ2n) is 4.98. The zero-order valence-electron chi connectivity index (χ0n) is 12.5. The van der Waals surface area contributed by atoms with Gasteiger partial charge in [-0.15, -0.1) is 24.0 Å². The van der Waals surface area contributed by atoms with E-state index in [4.69, 9.17) is 10.5 Å². The van der Waals surface area contributed by atoms with E-state index in [9.17, 15) is 9.50 Å². The fraction of sp³-hybridized carbons (Fsp3) is 0.500. The number of nitrogens with zero attached hydrogens (tertiary/aromatic N) is 1. The van der Waals surface area contributed by atoms with E-state index in [1.807, 2.05) is 6.92 Å². The highest BCUT2D eigenvalue weighted by atomic mass is 127. The minimum atomic E-state index is -1.20. The Morgan fingerprint density at radius 3 is 2.57 bits per heavy atom. The van der Waals surface area contributed by atoms with Crippen molar-refractivity contribution in [2.24, 2.45) is 10.7 Å². The fourth-order valence-corrected chi connectivity index (χ4v) is 1.73. The maximum atomic E-state index is 12.9. The Morgan fingerprint density at radius 1 is 1.48 bits per heavy atom. The summed E-state index contributed by atoms with van der Waals surface area (Å²) in [4.78, 5) is 4.10. The molecule has 5 nitrogen and oxygen atoms in total. The van der Waals surface area contributed by atoms with Crippen molar-refractivity contribution in [3.05, 3.63) is 35.6 Å². The summed E-state index contributed by atoms with van der Waals surface area (Å²) in [6.45, 7) is 4.10. The highest BCUT2D eigenvalue weighted by molar-refractivity contribution is 14.0. The Labute approximate surface area is 141 Å². The van der Waals surface area contributed by atoms with Gasteiger partial charge in [-0.1, -0.05) is 12.1 Å². The quantitative estimate of drug-likeness (QED) is 0.378. The van der Waals surface area contributed by atoms with E-state index in [2.05, 4.69) is 10.3 Å². The van der Waals surface area contributed by atoms with Crippen LogP contribution in [-0.2, 0) is 10.3 Å². The van der Waals surface area contributed by atoms with E-state index in [0.717, 1.165) is 0 Å². The highest BCUT2D eigenvalue weighted by Gasteiger charge is 2.22. The third-order valence-corrected chi connectivity index (χ3v) is 2.83. The monoisotopic (exact) mass is 411 g/mol. The van der Waals surface area contributed by atoms with Crippen molar-refractivity contribution < 1.29 is 14.2 Å². The predicted octanol–water partition coefficient (Wildman–Crippen LogP) is 1.59. The van der Waals surface area contributed by atoms with Crippen molar-refractivity contribution in [2.75, 3.05) is 20.3 Å². The van der Waals surface area contributed by atoms with Crippen LogP contribution in [0.25, 0.3) is 0 Å². The lowest BCUT2D eigenvalue weighted by Gasteiger charge is -2.22. The Bertz CT molecular complexity index is 452. The van der Waals surface area contributed by atoms with E-state index < -0.39 is 5.60 Å². The second kappa shape index (κ2) is 9.16. The molecule has 120 valence electrons. The van der Waals surface area contributed by atoms with Gasteiger partial charge in [-0.3, -0.25) is 4.99 Å². The number of hydrogen-bond donors (Lipinski definition) is 3. The van der Waals surface area contributed by atoms with Crippen molar-refractivity contribution in [1.29, 1.82) is 0 Å². The number of halogens is 2. The molecule has 0 fully saturated rings. The molecule has 0 aromatic heterocycles. The molecule has 1 aromatic carbocycles. The van der Waals surface area contributed by atoms with Crippen LogP contribution < -0.4 is 11.1 Å². The summed E-state index contributed by atoms with van der Waals surface area (Å²) >= 11 is 0. The molecule has 0 spiro atoms. The molecule has 0 saturated heterocycles. The van der Waals surface area contributed by atoms with Gasteiger partial charge in [-0.25, -0.2) is 4.39 Å². The number of guanidine groups is 1. The van der Waals surface area contributed by atoms with Crippen LogP contribution >= 0.6 is 24.0 Å². The van der Waals surface area contributed by atoms with Crippen molar-refractivity contribution in [2.45, 2.75) is 25.5 Å². The van der Waals surface area contributed by atoms with E-state index in [1.165, 1.54) is 24.3 Å². The average Bonchev–Trinajstić information content (AvgIpc) is 2.37. The van der Waals surface area contributed by atoms with Gasteiger partial charge in [-0.2, -0.15) is 0 Å². The zero-order chi connectivity index (χ0) is 15.2. The van der Waals surface area contributed by atoms with Crippen LogP contribution in [0.15, 0.2) is 29.3 Å². The molecule has 2 atom stereocenters. The Balaban J connectivity index is 0.00000400. The lowest BCUT2D eigenvalue weighted by atomic mass is 9.96. The lowest BCUT2D eigenvalue weighted by Crippen LogP contribution is -2.41. The average molecular weight is 411 g/mol. The minimum Gasteiger partial charge on any atom is -0.384 e. The van der Waals surface area contributed by atoms with Gasteiger partial charge in [0.25, 0.3) is 0 Å². The van der Waals surface area contributed by atoms with Gasteiger partial charge in [0, 0.05) is 13.2 Å². The van der Waals surface area contributed by atoms with Crippen LogP contribution in [0.4, 0.5) is 4.39 Å². The van der Waals surface area contributed by atoms with Crippen molar-refractivity contribution in [1.82, 2.24) is 5.32 Å². The van der Waals surface area contributed by atoms with E-state index >= 15 is 0 Å². The number of hydrogen-bond acceptors (Lipinski definition) is 3. The third kappa shape index (κ3) is 7.05. The standard InChI is InChI=1S/C14H22FN3O2.HI/c1-10(8-20-3)18-13(16)17-9-14(2,19)11-4-6-12(15)7-5-11;/h4-7,10,19H,8-9H2,1-3H3,(H3,16,17,18);1H. The number of ether oxygens (including phenoxy) is 1. The molecule has 4 N–H and O–H groups in total. The second-order valence-corrected chi connectivity index (χ2v) is 4.98. The molecule has 0 aliphatic carbocycles. The maximum Gasteiger partial charge on any atom is 0.188 e. The van der Waals surface area contributed by atoms with E-state index in [0.29, 0.717) is 12.2 Å². The summed E-state index contributed by atoms with van der Waals surface area (Å²) < 4.78 is 17.8. The third-order valence-electron chi connectivity index (χ3n) is 2.83. The van der Waals surface area contributed by atoms with Gasteiger partial charge < -0.3 is 20.9 Å². The van der Waals surface area contributed by atoms with Crippen LogP contribution in [0.5, 0.6) is 0 Å². The molecule has 1 aromatic rings. The molecule has 0 saturated carbocycles. The van der Waals surface area contributed by atoms with Crippen molar-refractivity contribution in [3.63, 3.8) is 0 Å². The Hall–Kier alpha value is -0.930. The number of nitrogens with two attached hydrogens (primary N) is 1. The summed E-state index contributed by atoms with van der Waals surface area (Å²) in [5, 5.41) is 13.3. The van der Waals surface area contributed by atoms with Crippen LogP contribution in [0.3, 0.4) is 0 Å². The fourth-order valence-electron chi connectivity index (χ4n) is 1.73. The number of aliphatic hydroxyl groups is 1. The van der Waals surface area contributed by atoms with Gasteiger partial charge in [0.15, 0.2) is 5.96 Å². The lowest BCUT2D eigenvalue weighted by molar-refractivity contribution is 0.0672. The molecule has 0 amide bonds. The summed E-state index contributed by atoms with van der Waals surface area (Å²) in [6.07, 6.45) is 0. The predicted molar refractivity (Wildman–Crippen MR) is 92.3 cm³/mol. The van der Waals surface area contributed by atoms with Gasteiger partial charge in [0.1, 0.15) is 11.4 Å². The maximum absolute atomic E-state index is 12.9. The number of aliphatic imine (C=N–C) groups is 1. The molecule has 0 heterocycles. The van der Waals surface area contributed by atoms with Crippen LogP contribution in [0.1, 0.15) is 19.4 Å². The van der Waals surface area contributed by atoms with E-state index in [1.54, 1.807) is 14.0 Å². The van der Waals surface area contributed by atoms with Crippen LogP contribution in [0, 0.1) is 5.82 Å². The van der Waals surface area contributed by atoms with Crippen molar-refractivity contribution in [3.8, 4) is 0 Å². The van der Waals surface area contributed by atoms with Gasteiger partial charge in [0.2, 0.25) is 0 Å². The van der Waals surface area contributed by atoms with Gasteiger partial charge in [0.05, 0.1) is 13.2 Å². The molecule has 1 rings (SSSR count). The Kier molecular flexibility index (Phi) is 8.76. The van der Waals surface area contributed by atoms with Crippen LogP contribution in [0.2, 0.25) is 0 Å². The largest absolute Gasteiger partial charge is 0.384 e. The summed E-state index contributed by atoms with van der Waals surface area (Å²) in [6, 6.07) is 5.69. The first-order valence-corrected chi connectivity index (χ1v) is 6.39. The van der Waals surface area contributed by atoms with Gasteiger partial charge >= 0.3 is 0 Å². The van der Waals surface area contributed by atoms with E-state index in [-0.39, 0.29) is 48.3 Å². The molecule has 0 aliphatic heterocycles. The summed E-state index contributed by atoms with van der Waals surface area (Å²) in [5.74, 6) is -0.112. The normalized spacial score (nSPS) is 15.8. The molecule has 7 heteroatoms. The first kappa shape index (κ1) is 20.1. The topological polar surface area (TPSA) is 79.9 Å². The SMILES string of the molecule is COCC(C)NC(N)=NCC(C)(O)c1ccc(F)cc1.I. The highest BCUT2D eigenvalue weighted by Crippen LogP contribution is 2.21. The molecule has 0 bridgehead atoms. The minimum absolute atomic E-state index is 0. The number of methoxy groups -OCH3 is 1. The molecule has 0 radical (unpaired) electrons. The number of rotatable bonds is 6.